The van der Waals surface area contributed by atoms with Crippen LogP contribution >= 0.6 is 0 Å². The Balaban J connectivity index is 2.06. The average molecular weight is 332 g/mol. The molecular formula is C19H13FN4O. The number of aromatic nitrogens is 3. The summed E-state index contributed by atoms with van der Waals surface area (Å²) in [4.78, 5) is 12.4. The molecule has 4 rings (SSSR count). The number of halogens is 1. The number of nitriles is 1. The number of aryl methyl sites for hydroxylation is 1. The van der Waals surface area contributed by atoms with E-state index in [-0.39, 0.29) is 11.4 Å². The van der Waals surface area contributed by atoms with Crippen molar-refractivity contribution in [3.05, 3.63) is 75.5 Å². The molecule has 5 nitrogen and oxygen atoms in total. The van der Waals surface area contributed by atoms with Crippen molar-refractivity contribution in [3.8, 4) is 6.07 Å². The third-order valence-electron chi connectivity index (χ3n) is 4.32. The molecule has 0 aliphatic heterocycles. The van der Waals surface area contributed by atoms with Crippen molar-refractivity contribution >= 4 is 21.8 Å². The number of benzene rings is 2. The summed E-state index contributed by atoms with van der Waals surface area (Å²) >= 11 is 0. The van der Waals surface area contributed by atoms with Crippen LogP contribution in [0.25, 0.3) is 21.8 Å². The Morgan fingerprint density at radius 1 is 1.28 bits per heavy atom. The van der Waals surface area contributed by atoms with E-state index in [0.717, 1.165) is 11.1 Å². The van der Waals surface area contributed by atoms with Gasteiger partial charge in [-0.1, -0.05) is 12.1 Å². The molecule has 0 spiro atoms. The number of hydrogen-bond acceptors (Lipinski definition) is 3. The number of nitrogens with one attached hydrogen (secondary N) is 1. The number of H-pyrrole nitrogens is 1. The molecule has 0 radical (unpaired) electrons. The van der Waals surface area contributed by atoms with E-state index >= 15 is 0 Å². The largest absolute Gasteiger partial charge is 0.331 e. The van der Waals surface area contributed by atoms with Gasteiger partial charge in [-0.05, 0) is 42.8 Å². The van der Waals surface area contributed by atoms with Gasteiger partial charge in [-0.3, -0.25) is 4.79 Å². The number of nitrogens with zero attached hydrogens (tertiary/aromatic N) is 3. The minimum absolute atomic E-state index is 0.325. The third-order valence-corrected chi connectivity index (χ3v) is 4.32. The molecule has 25 heavy (non-hydrogen) atoms. The van der Waals surface area contributed by atoms with Crippen molar-refractivity contribution in [2.45, 2.75) is 13.5 Å². The number of fused-ring (bicyclic) bond motifs is 3. The lowest BCUT2D eigenvalue weighted by atomic mass is 10.1. The molecule has 1 N–H and O–H groups in total. The van der Waals surface area contributed by atoms with Gasteiger partial charge >= 0.3 is 0 Å². The highest BCUT2D eigenvalue weighted by Gasteiger charge is 2.17. The Labute approximate surface area is 141 Å². The van der Waals surface area contributed by atoms with Crippen LogP contribution in [-0.2, 0) is 6.54 Å². The van der Waals surface area contributed by atoms with E-state index in [1.807, 2.05) is 10.6 Å². The van der Waals surface area contributed by atoms with Crippen molar-refractivity contribution in [1.82, 2.24) is 14.8 Å². The monoisotopic (exact) mass is 332 g/mol. The van der Waals surface area contributed by atoms with Crippen LogP contribution in [0.2, 0.25) is 0 Å². The summed E-state index contributed by atoms with van der Waals surface area (Å²) in [5.74, 6) is -0.363. The highest BCUT2D eigenvalue weighted by atomic mass is 19.1. The van der Waals surface area contributed by atoms with Gasteiger partial charge in [-0.2, -0.15) is 10.4 Å². The maximum absolute atomic E-state index is 13.8. The molecule has 0 aliphatic carbocycles. The van der Waals surface area contributed by atoms with Crippen LogP contribution in [-0.4, -0.2) is 14.8 Å². The maximum Gasteiger partial charge on any atom is 0.288 e. The van der Waals surface area contributed by atoms with E-state index in [0.29, 0.717) is 34.1 Å². The van der Waals surface area contributed by atoms with Crippen molar-refractivity contribution in [2.24, 2.45) is 0 Å². The van der Waals surface area contributed by atoms with Gasteiger partial charge < -0.3 is 4.57 Å². The van der Waals surface area contributed by atoms with E-state index in [1.165, 1.54) is 12.1 Å². The molecule has 6 heteroatoms. The highest BCUT2D eigenvalue weighted by molar-refractivity contribution is 6.08. The Kier molecular flexibility index (Phi) is 3.36. The second kappa shape index (κ2) is 5.56. The summed E-state index contributed by atoms with van der Waals surface area (Å²) in [6, 6.07) is 13.8. The molecule has 0 bridgehead atoms. The molecule has 122 valence electrons. The third kappa shape index (κ3) is 2.37. The van der Waals surface area contributed by atoms with E-state index in [4.69, 9.17) is 5.26 Å². The molecule has 0 unspecified atom stereocenters. The van der Waals surface area contributed by atoms with Gasteiger partial charge in [0.2, 0.25) is 0 Å². The van der Waals surface area contributed by atoms with E-state index in [2.05, 4.69) is 16.3 Å². The SMILES string of the molecule is Cc1n[nH]c(=O)c2c1c1cc(F)ccc1n2Cc1cccc(C#N)c1. The lowest BCUT2D eigenvalue weighted by Crippen LogP contribution is -2.14. The van der Waals surface area contributed by atoms with Crippen LogP contribution in [0.4, 0.5) is 4.39 Å². The molecule has 4 aromatic rings. The van der Waals surface area contributed by atoms with Crippen LogP contribution in [0.1, 0.15) is 16.8 Å². The van der Waals surface area contributed by atoms with Crippen LogP contribution in [0.3, 0.4) is 0 Å². The molecule has 0 saturated carbocycles. The summed E-state index contributed by atoms with van der Waals surface area (Å²) in [6.07, 6.45) is 0. The van der Waals surface area contributed by atoms with Gasteiger partial charge in [0, 0.05) is 22.8 Å². The molecular weight excluding hydrogens is 319 g/mol. The van der Waals surface area contributed by atoms with Gasteiger partial charge in [0.15, 0.2) is 0 Å². The maximum atomic E-state index is 13.8. The Morgan fingerprint density at radius 3 is 2.92 bits per heavy atom. The lowest BCUT2D eigenvalue weighted by molar-refractivity contribution is 0.629. The highest BCUT2D eigenvalue weighted by Crippen LogP contribution is 2.29. The predicted molar refractivity (Wildman–Crippen MR) is 92.8 cm³/mol. The fraction of sp³-hybridized carbons (Fsp3) is 0.105. The normalized spacial score (nSPS) is 11.1. The van der Waals surface area contributed by atoms with Crippen LogP contribution in [0, 0.1) is 24.1 Å². The Hall–Kier alpha value is -3.46. The molecule has 2 aromatic carbocycles. The fourth-order valence-corrected chi connectivity index (χ4v) is 3.26. The Morgan fingerprint density at radius 2 is 2.12 bits per heavy atom. The second-order valence-electron chi connectivity index (χ2n) is 5.92. The van der Waals surface area contributed by atoms with Crippen LogP contribution in [0.15, 0.2) is 47.3 Å². The Bertz CT molecular complexity index is 1230. The van der Waals surface area contributed by atoms with Gasteiger partial charge in [0.1, 0.15) is 11.3 Å². The first-order valence-electron chi connectivity index (χ1n) is 7.74. The minimum atomic E-state index is -0.363. The van der Waals surface area contributed by atoms with E-state index in [1.54, 1.807) is 31.2 Å². The molecule has 0 atom stereocenters. The quantitative estimate of drug-likeness (QED) is 0.612. The number of rotatable bonds is 2. The molecule has 2 heterocycles. The zero-order valence-corrected chi connectivity index (χ0v) is 13.4. The summed E-state index contributed by atoms with van der Waals surface area (Å²) in [6.45, 7) is 2.18. The predicted octanol–water partition coefficient (Wildman–Crippen LogP) is 3.25. The van der Waals surface area contributed by atoms with Gasteiger partial charge in [0.25, 0.3) is 5.56 Å². The van der Waals surface area contributed by atoms with Crippen LogP contribution in [0.5, 0.6) is 0 Å². The summed E-state index contributed by atoms with van der Waals surface area (Å²) in [5.41, 5.74) is 2.95. The lowest BCUT2D eigenvalue weighted by Gasteiger charge is -2.07. The van der Waals surface area contributed by atoms with Crippen LogP contribution < -0.4 is 5.56 Å². The minimum Gasteiger partial charge on any atom is -0.331 e. The number of aromatic amines is 1. The molecule has 0 fully saturated rings. The summed E-state index contributed by atoms with van der Waals surface area (Å²) in [7, 11) is 0. The summed E-state index contributed by atoms with van der Waals surface area (Å²) < 4.78 is 15.6. The summed E-state index contributed by atoms with van der Waals surface area (Å²) in [5, 5.41) is 16.9. The van der Waals surface area contributed by atoms with Gasteiger partial charge in [-0.15, -0.1) is 0 Å². The standard InChI is InChI=1S/C19H13FN4O/c1-11-17-15-8-14(20)5-6-16(15)24(18(17)19(25)23-22-11)10-13-4-2-3-12(7-13)9-21/h2-8H,10H2,1H3,(H,23,25). The zero-order chi connectivity index (χ0) is 17.6. The first kappa shape index (κ1) is 15.1. The second-order valence-corrected chi connectivity index (χ2v) is 5.92. The first-order valence-corrected chi connectivity index (χ1v) is 7.74. The fourth-order valence-electron chi connectivity index (χ4n) is 3.26. The molecule has 2 aromatic heterocycles. The topological polar surface area (TPSA) is 74.5 Å². The van der Waals surface area contributed by atoms with Gasteiger partial charge in [0.05, 0.1) is 17.3 Å². The van der Waals surface area contributed by atoms with Crippen molar-refractivity contribution in [2.75, 3.05) is 0 Å². The van der Waals surface area contributed by atoms with E-state index in [9.17, 15) is 9.18 Å². The molecule has 0 saturated heterocycles. The van der Waals surface area contributed by atoms with Crippen molar-refractivity contribution < 1.29 is 4.39 Å². The smallest absolute Gasteiger partial charge is 0.288 e. The average Bonchev–Trinajstić information content (AvgIpc) is 2.93. The first-order chi connectivity index (χ1) is 12.1. The zero-order valence-electron chi connectivity index (χ0n) is 13.4. The van der Waals surface area contributed by atoms with Crippen molar-refractivity contribution in [1.29, 1.82) is 5.26 Å². The van der Waals surface area contributed by atoms with Crippen molar-refractivity contribution in [3.63, 3.8) is 0 Å². The number of hydrogen-bond donors (Lipinski definition) is 1. The van der Waals surface area contributed by atoms with Gasteiger partial charge in [-0.25, -0.2) is 9.49 Å². The molecule has 0 amide bonds. The van der Waals surface area contributed by atoms with E-state index < -0.39 is 0 Å². The molecule has 0 aliphatic rings.